The van der Waals surface area contributed by atoms with Crippen LogP contribution in [0.2, 0.25) is 0 Å². The van der Waals surface area contributed by atoms with Gasteiger partial charge in [0.15, 0.2) is 0 Å². The van der Waals surface area contributed by atoms with Crippen LogP contribution < -0.4 is 5.32 Å². The molecule has 1 aromatic heterocycles. The molecule has 134 valence electrons. The van der Waals surface area contributed by atoms with Crippen LogP contribution in [0.25, 0.3) is 0 Å². The molecule has 1 atom stereocenters. The average Bonchev–Trinajstić information content (AvgIpc) is 2.56. The van der Waals surface area contributed by atoms with Crippen LogP contribution in [0.15, 0.2) is 18.2 Å². The highest BCUT2D eigenvalue weighted by atomic mass is 16.3. The van der Waals surface area contributed by atoms with Crippen molar-refractivity contribution in [2.45, 2.75) is 6.04 Å². The molecule has 1 aliphatic rings. The third-order valence-electron chi connectivity index (χ3n) is 3.87. The topological polar surface area (TPSA) is 89.0 Å². The number of amides is 1. The normalized spacial score (nSPS) is 18.2. The summed E-state index contributed by atoms with van der Waals surface area (Å²) in [5, 5.41) is 10.2. The molecule has 0 saturated carbocycles. The minimum Gasteiger partial charge on any atom is -0.483 e. The molecule has 1 unspecified atom stereocenters. The van der Waals surface area contributed by atoms with Crippen LogP contribution in [0.3, 0.4) is 0 Å². The van der Waals surface area contributed by atoms with E-state index in [0.29, 0.717) is 11.7 Å². The number of pyridine rings is 1. The van der Waals surface area contributed by atoms with Gasteiger partial charge in [-0.1, -0.05) is 6.07 Å². The molecular weight excluding hydrogens is 310 g/mol. The first-order valence-electron chi connectivity index (χ1n) is 7.78. The summed E-state index contributed by atoms with van der Waals surface area (Å²) in [5.41, 5.74) is 0.471. The second-order valence-electron chi connectivity index (χ2n) is 5.99. The van der Waals surface area contributed by atoms with Crippen molar-refractivity contribution < 1.29 is 14.7 Å². The zero-order valence-corrected chi connectivity index (χ0v) is 14.8. The summed E-state index contributed by atoms with van der Waals surface area (Å²) in [4.78, 5) is 30.9. The number of carbonyl (C=O) groups excluding carboxylic acids is 1. The van der Waals surface area contributed by atoms with E-state index in [1.807, 2.05) is 12.1 Å². The van der Waals surface area contributed by atoms with E-state index in [4.69, 9.17) is 9.90 Å². The predicted octanol–water partition coefficient (Wildman–Crippen LogP) is 0.142. The predicted molar refractivity (Wildman–Crippen MR) is 93.4 cm³/mol. The highest BCUT2D eigenvalue weighted by Gasteiger charge is 2.21. The number of anilines is 1. The molecular formula is C16H27N5O3. The highest BCUT2D eigenvalue weighted by molar-refractivity contribution is 5.92. The Morgan fingerprint density at radius 1 is 1.42 bits per heavy atom. The summed E-state index contributed by atoms with van der Waals surface area (Å²) in [7, 11) is 7.77. The highest BCUT2D eigenvalue weighted by Crippen LogP contribution is 2.10. The van der Waals surface area contributed by atoms with Gasteiger partial charge in [0.2, 0.25) is 0 Å². The maximum atomic E-state index is 11.9. The number of hydrogen-bond acceptors (Lipinski definition) is 6. The van der Waals surface area contributed by atoms with E-state index >= 15 is 0 Å². The summed E-state index contributed by atoms with van der Waals surface area (Å²) < 4.78 is 0. The zero-order valence-electron chi connectivity index (χ0n) is 14.8. The molecule has 8 nitrogen and oxygen atoms in total. The Bertz CT molecular complexity index is 538. The number of piperazine rings is 1. The third-order valence-corrected chi connectivity index (χ3v) is 3.87. The van der Waals surface area contributed by atoms with Gasteiger partial charge in [0, 0.05) is 46.3 Å². The van der Waals surface area contributed by atoms with Gasteiger partial charge in [0.25, 0.3) is 12.4 Å². The molecule has 24 heavy (non-hydrogen) atoms. The standard InChI is InChI=1S/C15H25N5O.CH2O2/c1-18(2)15(21)13-6-5-7-14(17-13)16-10-12-11-19(3)8-9-20(12)4;2-1-3/h5-7,12H,8-11H2,1-4H3,(H,16,17);1H,(H,2,3). The van der Waals surface area contributed by atoms with Crippen molar-refractivity contribution in [3.8, 4) is 0 Å². The van der Waals surface area contributed by atoms with Crippen LogP contribution in [0.1, 0.15) is 10.5 Å². The van der Waals surface area contributed by atoms with Crippen molar-refractivity contribution in [1.29, 1.82) is 0 Å². The summed E-state index contributed by atoms with van der Waals surface area (Å²) >= 11 is 0. The molecule has 0 radical (unpaired) electrons. The summed E-state index contributed by atoms with van der Waals surface area (Å²) in [5.74, 6) is 0.678. The van der Waals surface area contributed by atoms with Gasteiger partial charge in [0.05, 0.1) is 0 Å². The average molecular weight is 337 g/mol. The summed E-state index contributed by atoms with van der Waals surface area (Å²) in [6, 6.07) is 5.97. The Balaban J connectivity index is 0.000000891. The molecule has 1 aliphatic heterocycles. The van der Waals surface area contributed by atoms with Crippen molar-refractivity contribution >= 4 is 18.2 Å². The van der Waals surface area contributed by atoms with Gasteiger partial charge in [-0.2, -0.15) is 0 Å². The van der Waals surface area contributed by atoms with E-state index in [1.54, 1.807) is 20.2 Å². The first kappa shape index (κ1) is 19.9. The van der Waals surface area contributed by atoms with Crippen LogP contribution in [0, 0.1) is 0 Å². The maximum absolute atomic E-state index is 11.9. The smallest absolute Gasteiger partial charge is 0.290 e. The Hall–Kier alpha value is -2.19. The second-order valence-corrected chi connectivity index (χ2v) is 5.99. The SMILES string of the molecule is CN1CCN(C)C(CNc2cccc(C(=O)N(C)C)n2)C1.O=CO. The van der Waals surface area contributed by atoms with Gasteiger partial charge < -0.3 is 20.2 Å². The molecule has 8 heteroatoms. The Labute approximate surface area is 143 Å². The molecule has 1 saturated heterocycles. The Morgan fingerprint density at radius 2 is 2.08 bits per heavy atom. The van der Waals surface area contributed by atoms with E-state index in [1.165, 1.54) is 4.90 Å². The molecule has 0 spiro atoms. The minimum absolute atomic E-state index is 0.0758. The van der Waals surface area contributed by atoms with Crippen molar-refractivity contribution in [3.05, 3.63) is 23.9 Å². The maximum Gasteiger partial charge on any atom is 0.290 e. The van der Waals surface area contributed by atoms with Gasteiger partial charge >= 0.3 is 0 Å². The summed E-state index contributed by atoms with van der Waals surface area (Å²) in [6.45, 7) is 3.81. The molecule has 1 amide bonds. The fourth-order valence-electron chi connectivity index (χ4n) is 2.43. The van der Waals surface area contributed by atoms with Gasteiger partial charge in [-0.25, -0.2) is 4.98 Å². The first-order chi connectivity index (χ1) is 11.4. The number of aromatic nitrogens is 1. The molecule has 2 N–H and O–H groups in total. The van der Waals surface area contributed by atoms with Gasteiger partial charge in [-0.3, -0.25) is 14.5 Å². The molecule has 1 fully saturated rings. The number of nitrogens with zero attached hydrogens (tertiary/aromatic N) is 4. The van der Waals surface area contributed by atoms with Crippen LogP contribution >= 0.6 is 0 Å². The molecule has 0 bridgehead atoms. The molecule has 0 aromatic carbocycles. The minimum atomic E-state index is -0.250. The lowest BCUT2D eigenvalue weighted by atomic mass is 10.2. The zero-order chi connectivity index (χ0) is 18.1. The lowest BCUT2D eigenvalue weighted by Crippen LogP contribution is -2.52. The first-order valence-corrected chi connectivity index (χ1v) is 7.78. The second kappa shape index (κ2) is 9.84. The Kier molecular flexibility index (Phi) is 8.14. The van der Waals surface area contributed by atoms with E-state index in [2.05, 4.69) is 34.2 Å². The van der Waals surface area contributed by atoms with E-state index in [-0.39, 0.29) is 12.4 Å². The van der Waals surface area contributed by atoms with Crippen LogP contribution in [-0.4, -0.2) is 97.6 Å². The lowest BCUT2D eigenvalue weighted by molar-refractivity contribution is -0.122. The lowest BCUT2D eigenvalue weighted by Gasteiger charge is -2.37. The number of rotatable bonds is 4. The fourth-order valence-corrected chi connectivity index (χ4v) is 2.43. The van der Waals surface area contributed by atoms with Crippen molar-refractivity contribution in [2.24, 2.45) is 0 Å². The fraction of sp³-hybridized carbons (Fsp3) is 0.562. The summed E-state index contributed by atoms with van der Waals surface area (Å²) in [6.07, 6.45) is 0. The van der Waals surface area contributed by atoms with Gasteiger partial charge in [0.1, 0.15) is 11.5 Å². The monoisotopic (exact) mass is 337 g/mol. The van der Waals surface area contributed by atoms with Crippen molar-refractivity contribution in [1.82, 2.24) is 19.7 Å². The molecule has 2 heterocycles. The molecule has 0 aliphatic carbocycles. The number of carbonyl (C=O) groups is 2. The van der Waals surface area contributed by atoms with Crippen molar-refractivity contribution in [2.75, 3.05) is 59.7 Å². The number of hydrogen-bond donors (Lipinski definition) is 2. The third kappa shape index (κ3) is 6.13. The molecule has 1 aromatic rings. The van der Waals surface area contributed by atoms with E-state index in [9.17, 15) is 4.79 Å². The van der Waals surface area contributed by atoms with Crippen LogP contribution in [-0.2, 0) is 4.79 Å². The van der Waals surface area contributed by atoms with Crippen LogP contribution in [0.5, 0.6) is 0 Å². The number of carboxylic acid groups (broad SMARTS) is 1. The van der Waals surface area contributed by atoms with E-state index in [0.717, 1.165) is 32.0 Å². The Morgan fingerprint density at radius 3 is 2.71 bits per heavy atom. The van der Waals surface area contributed by atoms with Gasteiger partial charge in [-0.15, -0.1) is 0 Å². The van der Waals surface area contributed by atoms with Crippen molar-refractivity contribution in [3.63, 3.8) is 0 Å². The van der Waals surface area contributed by atoms with Crippen LogP contribution in [0.4, 0.5) is 5.82 Å². The van der Waals surface area contributed by atoms with E-state index < -0.39 is 0 Å². The number of nitrogens with one attached hydrogen (secondary N) is 1. The molecule has 2 rings (SSSR count). The number of likely N-dealkylation sites (N-methyl/N-ethyl adjacent to an activating group) is 2. The largest absolute Gasteiger partial charge is 0.483 e. The quantitative estimate of drug-likeness (QED) is 0.756. The van der Waals surface area contributed by atoms with Gasteiger partial charge in [-0.05, 0) is 26.2 Å².